The van der Waals surface area contributed by atoms with Crippen LogP contribution in [-0.2, 0) is 0 Å². The van der Waals surface area contributed by atoms with Crippen LogP contribution < -0.4 is 5.32 Å². The molecule has 1 aromatic rings. The molecule has 94 valence electrons. The molecular formula is C14H19F2N. The highest BCUT2D eigenvalue weighted by Gasteiger charge is 2.29. The summed E-state index contributed by atoms with van der Waals surface area (Å²) in [6.07, 6.45) is 2.90. The molecule has 2 rings (SSSR count). The maximum atomic E-state index is 13.8. The third-order valence-electron chi connectivity index (χ3n) is 3.64. The van der Waals surface area contributed by atoms with E-state index in [4.69, 9.17) is 0 Å². The van der Waals surface area contributed by atoms with Gasteiger partial charge in [-0.2, -0.15) is 0 Å². The van der Waals surface area contributed by atoms with Gasteiger partial charge in [0.05, 0.1) is 0 Å². The first-order chi connectivity index (χ1) is 8.24. The van der Waals surface area contributed by atoms with E-state index in [1.165, 1.54) is 18.2 Å². The first-order valence-electron chi connectivity index (χ1n) is 6.38. The fraction of sp³-hybridized carbons (Fsp3) is 0.571. The molecule has 0 aromatic heterocycles. The maximum absolute atomic E-state index is 13.8. The van der Waals surface area contributed by atoms with E-state index >= 15 is 0 Å². The van der Waals surface area contributed by atoms with E-state index < -0.39 is 11.6 Å². The molecule has 1 N–H and O–H groups in total. The normalized spacial score (nSPS) is 24.9. The van der Waals surface area contributed by atoms with Gasteiger partial charge in [0.1, 0.15) is 11.6 Å². The molecule has 1 aliphatic heterocycles. The SMILES string of the molecule is CCCC1CNCCC1c1c(F)cccc1F. The van der Waals surface area contributed by atoms with Crippen LogP contribution in [0.25, 0.3) is 0 Å². The maximum Gasteiger partial charge on any atom is 0.129 e. The fourth-order valence-corrected chi connectivity index (χ4v) is 2.84. The summed E-state index contributed by atoms with van der Waals surface area (Å²) in [5.41, 5.74) is 0.299. The molecule has 2 atom stereocenters. The molecule has 1 fully saturated rings. The van der Waals surface area contributed by atoms with Gasteiger partial charge in [0, 0.05) is 5.56 Å². The fourth-order valence-electron chi connectivity index (χ4n) is 2.84. The number of nitrogens with one attached hydrogen (secondary N) is 1. The lowest BCUT2D eigenvalue weighted by molar-refractivity contribution is 0.294. The first-order valence-corrected chi connectivity index (χ1v) is 6.38. The van der Waals surface area contributed by atoms with E-state index in [-0.39, 0.29) is 5.92 Å². The van der Waals surface area contributed by atoms with Crippen LogP contribution in [0.5, 0.6) is 0 Å². The molecule has 1 saturated heterocycles. The van der Waals surface area contributed by atoms with Crippen molar-refractivity contribution in [3.05, 3.63) is 35.4 Å². The zero-order chi connectivity index (χ0) is 12.3. The molecule has 1 aromatic carbocycles. The van der Waals surface area contributed by atoms with Gasteiger partial charge in [0.15, 0.2) is 0 Å². The highest BCUT2D eigenvalue weighted by molar-refractivity contribution is 5.25. The van der Waals surface area contributed by atoms with Crippen molar-refractivity contribution in [2.45, 2.75) is 32.1 Å². The molecule has 3 heteroatoms. The molecule has 0 saturated carbocycles. The molecular weight excluding hydrogens is 220 g/mol. The molecule has 0 spiro atoms. The third kappa shape index (κ3) is 2.65. The van der Waals surface area contributed by atoms with E-state index in [0.29, 0.717) is 11.5 Å². The van der Waals surface area contributed by atoms with Crippen molar-refractivity contribution in [2.24, 2.45) is 5.92 Å². The van der Waals surface area contributed by atoms with Gasteiger partial charge in [-0.1, -0.05) is 19.4 Å². The van der Waals surface area contributed by atoms with Crippen LogP contribution in [0.2, 0.25) is 0 Å². The zero-order valence-electron chi connectivity index (χ0n) is 10.2. The molecule has 0 amide bonds. The topological polar surface area (TPSA) is 12.0 Å². The number of hydrogen-bond donors (Lipinski definition) is 1. The van der Waals surface area contributed by atoms with E-state index in [2.05, 4.69) is 12.2 Å². The molecule has 1 aliphatic rings. The Morgan fingerprint density at radius 3 is 2.65 bits per heavy atom. The van der Waals surface area contributed by atoms with Gasteiger partial charge in [-0.05, 0) is 49.9 Å². The monoisotopic (exact) mass is 239 g/mol. The van der Waals surface area contributed by atoms with Crippen LogP contribution in [0.3, 0.4) is 0 Å². The number of benzene rings is 1. The highest BCUT2D eigenvalue weighted by atomic mass is 19.1. The van der Waals surface area contributed by atoms with Gasteiger partial charge >= 0.3 is 0 Å². The van der Waals surface area contributed by atoms with E-state index in [0.717, 1.165) is 32.4 Å². The van der Waals surface area contributed by atoms with Crippen molar-refractivity contribution in [3.8, 4) is 0 Å². The smallest absolute Gasteiger partial charge is 0.129 e. The largest absolute Gasteiger partial charge is 0.316 e. The van der Waals surface area contributed by atoms with Crippen LogP contribution in [0.1, 0.15) is 37.7 Å². The van der Waals surface area contributed by atoms with E-state index in [1.807, 2.05) is 0 Å². The van der Waals surface area contributed by atoms with Gasteiger partial charge in [-0.3, -0.25) is 0 Å². The number of hydrogen-bond acceptors (Lipinski definition) is 1. The second-order valence-electron chi connectivity index (χ2n) is 4.78. The molecule has 2 unspecified atom stereocenters. The Morgan fingerprint density at radius 2 is 2.00 bits per heavy atom. The second-order valence-corrected chi connectivity index (χ2v) is 4.78. The lowest BCUT2D eigenvalue weighted by Gasteiger charge is -2.32. The van der Waals surface area contributed by atoms with Crippen LogP contribution in [-0.4, -0.2) is 13.1 Å². The van der Waals surface area contributed by atoms with Crippen molar-refractivity contribution >= 4 is 0 Å². The number of piperidine rings is 1. The summed E-state index contributed by atoms with van der Waals surface area (Å²) in [5, 5.41) is 3.31. The summed E-state index contributed by atoms with van der Waals surface area (Å²) in [6.45, 7) is 3.83. The predicted molar refractivity (Wildman–Crippen MR) is 65.0 cm³/mol. The van der Waals surface area contributed by atoms with Crippen molar-refractivity contribution in [2.75, 3.05) is 13.1 Å². The summed E-state index contributed by atoms with van der Waals surface area (Å²) in [5.74, 6) is -0.409. The van der Waals surface area contributed by atoms with E-state index in [1.54, 1.807) is 0 Å². The number of rotatable bonds is 3. The average molecular weight is 239 g/mol. The summed E-state index contributed by atoms with van der Waals surface area (Å²) < 4.78 is 27.6. The first kappa shape index (κ1) is 12.5. The summed E-state index contributed by atoms with van der Waals surface area (Å²) >= 11 is 0. The minimum atomic E-state index is -0.391. The van der Waals surface area contributed by atoms with Gasteiger partial charge < -0.3 is 5.32 Å². The predicted octanol–water partition coefficient (Wildman–Crippen LogP) is 3.46. The van der Waals surface area contributed by atoms with Crippen molar-refractivity contribution in [1.82, 2.24) is 5.32 Å². The molecule has 17 heavy (non-hydrogen) atoms. The Balaban J connectivity index is 2.29. The molecule has 1 heterocycles. The molecule has 0 radical (unpaired) electrons. The van der Waals surface area contributed by atoms with E-state index in [9.17, 15) is 8.78 Å². The standard InChI is InChI=1S/C14H19F2N/c1-2-4-10-9-17-8-7-11(10)14-12(15)5-3-6-13(14)16/h3,5-6,10-11,17H,2,4,7-9H2,1H3. The Labute approximate surface area is 101 Å². The van der Waals surface area contributed by atoms with Crippen LogP contribution in [0, 0.1) is 17.6 Å². The Hall–Kier alpha value is -0.960. The minimum absolute atomic E-state index is 0.0254. The average Bonchev–Trinajstić information content (AvgIpc) is 2.31. The van der Waals surface area contributed by atoms with Gasteiger partial charge in [0.2, 0.25) is 0 Å². The van der Waals surface area contributed by atoms with Gasteiger partial charge in [0.25, 0.3) is 0 Å². The lowest BCUT2D eigenvalue weighted by atomic mass is 9.78. The van der Waals surface area contributed by atoms with Gasteiger partial charge in [-0.25, -0.2) is 8.78 Å². The quantitative estimate of drug-likeness (QED) is 0.851. The van der Waals surface area contributed by atoms with Crippen molar-refractivity contribution in [3.63, 3.8) is 0 Å². The third-order valence-corrected chi connectivity index (χ3v) is 3.64. The highest BCUT2D eigenvalue weighted by Crippen LogP contribution is 2.35. The molecule has 0 bridgehead atoms. The van der Waals surface area contributed by atoms with Crippen LogP contribution in [0.4, 0.5) is 8.78 Å². The molecule has 1 nitrogen and oxygen atoms in total. The van der Waals surface area contributed by atoms with Gasteiger partial charge in [-0.15, -0.1) is 0 Å². The van der Waals surface area contributed by atoms with Crippen LogP contribution >= 0.6 is 0 Å². The Morgan fingerprint density at radius 1 is 1.29 bits per heavy atom. The second kappa shape index (κ2) is 5.58. The molecule has 0 aliphatic carbocycles. The Bertz CT molecular complexity index is 356. The minimum Gasteiger partial charge on any atom is -0.316 e. The van der Waals surface area contributed by atoms with Crippen molar-refractivity contribution < 1.29 is 8.78 Å². The Kier molecular flexibility index (Phi) is 4.11. The lowest BCUT2D eigenvalue weighted by Crippen LogP contribution is -2.36. The summed E-state index contributed by atoms with van der Waals surface area (Å²) in [6, 6.07) is 4.16. The number of halogens is 2. The summed E-state index contributed by atoms with van der Waals surface area (Å²) in [4.78, 5) is 0. The van der Waals surface area contributed by atoms with Crippen molar-refractivity contribution in [1.29, 1.82) is 0 Å². The van der Waals surface area contributed by atoms with Crippen LogP contribution in [0.15, 0.2) is 18.2 Å². The zero-order valence-corrected chi connectivity index (χ0v) is 10.2. The summed E-state index contributed by atoms with van der Waals surface area (Å²) in [7, 11) is 0.